The van der Waals surface area contributed by atoms with Gasteiger partial charge in [-0.3, -0.25) is 5.01 Å². The van der Waals surface area contributed by atoms with Gasteiger partial charge in [0, 0.05) is 7.05 Å². The van der Waals surface area contributed by atoms with E-state index in [1.807, 2.05) is 19.0 Å². The number of hydrogen-bond donors (Lipinski definition) is 0. The normalized spacial score (nSPS) is 18.8. The van der Waals surface area contributed by atoms with Gasteiger partial charge in [0.05, 0.1) is 0 Å². The fraction of sp³-hybridized carbons (Fsp3) is 0.667. The lowest BCUT2D eigenvalue weighted by atomic mass is 10.8. The van der Waals surface area contributed by atoms with Gasteiger partial charge in [-0.05, 0) is 6.92 Å². The Morgan fingerprint density at radius 2 is 2.00 bits per heavy atom. The molecule has 0 radical (unpaired) electrons. The molecular formula is C3H6N2. The van der Waals surface area contributed by atoms with Crippen LogP contribution in [0.5, 0.6) is 0 Å². The van der Waals surface area contributed by atoms with E-state index in [0.717, 1.165) is 5.84 Å². The van der Waals surface area contributed by atoms with Gasteiger partial charge in [0.2, 0.25) is 0 Å². The van der Waals surface area contributed by atoms with Gasteiger partial charge in [-0.25, -0.2) is 0 Å². The zero-order chi connectivity index (χ0) is 3.86. The third-order valence-electron chi connectivity index (χ3n) is 0.724. The molecule has 0 fully saturated rings. The molecule has 0 unspecified atom stereocenters. The Morgan fingerprint density at radius 1 is 1.80 bits per heavy atom. The van der Waals surface area contributed by atoms with Gasteiger partial charge >= 0.3 is 0 Å². The minimum Gasteiger partial charge on any atom is -0.252 e. The predicted molar refractivity (Wildman–Crippen MR) is 20.9 cm³/mol. The first kappa shape index (κ1) is 2.69. The summed E-state index contributed by atoms with van der Waals surface area (Å²) in [7, 11) is 1.93. The third kappa shape index (κ3) is 0.251. The van der Waals surface area contributed by atoms with Gasteiger partial charge in [-0.2, -0.15) is 5.10 Å². The SMILES string of the molecule is CC1=NN1C. The zero-order valence-electron chi connectivity index (χ0n) is 3.39. The summed E-state index contributed by atoms with van der Waals surface area (Å²) in [5, 5.41) is 5.64. The summed E-state index contributed by atoms with van der Waals surface area (Å²) in [6.07, 6.45) is 0. The standard InChI is InChI=1S/C3H6N2/c1-3-4-5(3)2/h1-2H3. The summed E-state index contributed by atoms with van der Waals surface area (Å²) in [4.78, 5) is 0. The number of nitrogens with zero attached hydrogens (tertiary/aromatic N) is 2. The molecule has 0 aromatic carbocycles. The lowest BCUT2D eigenvalue weighted by molar-refractivity contribution is 0.682. The van der Waals surface area contributed by atoms with Crippen molar-refractivity contribution in [2.75, 3.05) is 7.05 Å². The van der Waals surface area contributed by atoms with Gasteiger partial charge in [-0.15, -0.1) is 0 Å². The smallest absolute Gasteiger partial charge is 0.142 e. The van der Waals surface area contributed by atoms with Crippen LogP contribution in [0, 0.1) is 0 Å². The predicted octanol–water partition coefficient (Wildman–Crippen LogP) is 0.265. The first-order chi connectivity index (χ1) is 2.30. The Morgan fingerprint density at radius 3 is 2.00 bits per heavy atom. The van der Waals surface area contributed by atoms with Crippen molar-refractivity contribution in [3.63, 3.8) is 0 Å². The molecule has 2 nitrogen and oxygen atoms in total. The molecule has 0 amide bonds. The second kappa shape index (κ2) is 0.506. The van der Waals surface area contributed by atoms with E-state index in [0.29, 0.717) is 0 Å². The van der Waals surface area contributed by atoms with E-state index in [9.17, 15) is 0 Å². The molecule has 1 aliphatic heterocycles. The average Bonchev–Trinajstić information content (AvgIpc) is 1.79. The first-order valence-electron chi connectivity index (χ1n) is 1.59. The van der Waals surface area contributed by atoms with E-state index in [4.69, 9.17) is 0 Å². The van der Waals surface area contributed by atoms with Gasteiger partial charge in [0.15, 0.2) is 0 Å². The van der Waals surface area contributed by atoms with Crippen LogP contribution in [0.15, 0.2) is 5.10 Å². The van der Waals surface area contributed by atoms with Crippen molar-refractivity contribution in [2.24, 2.45) is 5.10 Å². The number of amidine groups is 1. The Kier molecular flexibility index (Phi) is 0.272. The van der Waals surface area contributed by atoms with Crippen LogP contribution >= 0.6 is 0 Å². The van der Waals surface area contributed by atoms with E-state index in [-0.39, 0.29) is 0 Å². The molecular weight excluding hydrogens is 64.0 g/mol. The van der Waals surface area contributed by atoms with E-state index >= 15 is 0 Å². The zero-order valence-corrected chi connectivity index (χ0v) is 3.39. The molecule has 0 aromatic rings. The average molecular weight is 70.1 g/mol. The highest BCUT2D eigenvalue weighted by atomic mass is 15.6. The highest BCUT2D eigenvalue weighted by Gasteiger charge is 2.08. The number of hydrazone groups is 1. The van der Waals surface area contributed by atoms with Crippen LogP contribution in [0.3, 0.4) is 0 Å². The molecule has 1 rings (SSSR count). The van der Waals surface area contributed by atoms with Gasteiger partial charge in [0.1, 0.15) is 5.84 Å². The molecule has 2 heteroatoms. The summed E-state index contributed by atoms with van der Waals surface area (Å²) >= 11 is 0. The van der Waals surface area contributed by atoms with Crippen molar-refractivity contribution in [1.82, 2.24) is 5.01 Å². The number of rotatable bonds is 0. The molecule has 0 spiro atoms. The van der Waals surface area contributed by atoms with Crippen molar-refractivity contribution in [3.05, 3.63) is 0 Å². The minimum atomic E-state index is 1.13. The summed E-state index contributed by atoms with van der Waals surface area (Å²) in [5.41, 5.74) is 0. The Balaban J connectivity index is 2.38. The Bertz CT molecular complexity index is 75.0. The number of hydrogen-bond acceptors (Lipinski definition) is 2. The molecule has 0 N–H and O–H groups in total. The summed E-state index contributed by atoms with van der Waals surface area (Å²) in [6.45, 7) is 1.97. The molecule has 1 aliphatic rings. The molecule has 5 heavy (non-hydrogen) atoms. The van der Waals surface area contributed by atoms with Crippen LogP contribution in [0.1, 0.15) is 6.92 Å². The third-order valence-corrected chi connectivity index (χ3v) is 0.724. The first-order valence-corrected chi connectivity index (χ1v) is 1.59. The molecule has 28 valence electrons. The maximum atomic E-state index is 3.81. The highest BCUT2D eigenvalue weighted by molar-refractivity contribution is 5.87. The summed E-state index contributed by atoms with van der Waals surface area (Å²) < 4.78 is 0. The largest absolute Gasteiger partial charge is 0.252 e. The van der Waals surface area contributed by atoms with Crippen molar-refractivity contribution in [3.8, 4) is 0 Å². The van der Waals surface area contributed by atoms with Gasteiger partial charge < -0.3 is 0 Å². The minimum absolute atomic E-state index is 1.13. The van der Waals surface area contributed by atoms with Crippen molar-refractivity contribution in [2.45, 2.75) is 6.92 Å². The van der Waals surface area contributed by atoms with Gasteiger partial charge in [0.25, 0.3) is 0 Å². The fourth-order valence-corrected chi connectivity index (χ4v) is 0.195. The van der Waals surface area contributed by atoms with E-state index in [1.165, 1.54) is 0 Å². The summed E-state index contributed by atoms with van der Waals surface area (Å²) in [6, 6.07) is 0. The molecule has 1 heterocycles. The van der Waals surface area contributed by atoms with Crippen LogP contribution in [0.25, 0.3) is 0 Å². The van der Waals surface area contributed by atoms with Crippen LogP contribution in [0.4, 0.5) is 0 Å². The van der Waals surface area contributed by atoms with E-state index in [1.54, 1.807) is 0 Å². The molecule has 0 saturated heterocycles. The Labute approximate surface area is 31.1 Å². The molecule has 0 aromatic heterocycles. The van der Waals surface area contributed by atoms with Crippen LogP contribution in [-0.2, 0) is 0 Å². The second-order valence-corrected chi connectivity index (χ2v) is 1.17. The van der Waals surface area contributed by atoms with Gasteiger partial charge in [-0.1, -0.05) is 0 Å². The maximum absolute atomic E-state index is 3.81. The fourth-order valence-electron chi connectivity index (χ4n) is 0.195. The molecule has 0 saturated carbocycles. The quantitative estimate of drug-likeness (QED) is 0.399. The highest BCUT2D eigenvalue weighted by Crippen LogP contribution is 2.00. The van der Waals surface area contributed by atoms with Crippen molar-refractivity contribution < 1.29 is 0 Å². The van der Waals surface area contributed by atoms with Crippen LogP contribution in [0.2, 0.25) is 0 Å². The van der Waals surface area contributed by atoms with E-state index < -0.39 is 0 Å². The second-order valence-electron chi connectivity index (χ2n) is 1.17. The lowest BCUT2D eigenvalue weighted by Crippen LogP contribution is -1.89. The lowest BCUT2D eigenvalue weighted by Gasteiger charge is -1.75. The monoisotopic (exact) mass is 70.1 g/mol. The molecule has 0 atom stereocenters. The van der Waals surface area contributed by atoms with Crippen molar-refractivity contribution in [1.29, 1.82) is 0 Å². The topological polar surface area (TPSA) is 15.4 Å². The maximum Gasteiger partial charge on any atom is 0.142 e. The Hall–Kier alpha value is -0.530. The molecule has 0 aliphatic carbocycles. The van der Waals surface area contributed by atoms with Crippen LogP contribution in [-0.4, -0.2) is 17.9 Å². The van der Waals surface area contributed by atoms with E-state index in [2.05, 4.69) is 5.10 Å². The van der Waals surface area contributed by atoms with Crippen LogP contribution < -0.4 is 0 Å². The molecule has 0 bridgehead atoms. The van der Waals surface area contributed by atoms with Crippen molar-refractivity contribution >= 4 is 5.84 Å². The summed E-state index contributed by atoms with van der Waals surface area (Å²) in [5.74, 6) is 1.13.